The molecule has 18 unspecified atom stereocenters. The molecule has 7 fully saturated rings. The molecule has 107 heavy (non-hydrogen) atoms. The van der Waals surface area contributed by atoms with Gasteiger partial charge in [0.2, 0.25) is 12.2 Å². The van der Waals surface area contributed by atoms with Crippen molar-refractivity contribution in [2.45, 2.75) is 231 Å². The molecule has 8 aliphatic heterocycles. The van der Waals surface area contributed by atoms with Crippen LogP contribution in [0.4, 0.5) is 5.69 Å². The third-order valence-corrected chi connectivity index (χ3v) is 27.3. The number of aliphatic hydroxyl groups excluding tert-OH is 5. The second kappa shape index (κ2) is 27.6. The Labute approximate surface area is 622 Å². The number of carbonyl (C=O) groups excluding carboxylic acids is 4. The summed E-state index contributed by atoms with van der Waals surface area (Å²) in [6.45, 7) is -0.510. The number of dihydropyridines is 1. The maximum atomic E-state index is 16.1. The van der Waals surface area contributed by atoms with Crippen molar-refractivity contribution in [3.8, 4) is 23.3 Å². The first-order chi connectivity index (χ1) is 51.9. The average Bonchev–Trinajstić information content (AvgIpc) is 1.61. The van der Waals surface area contributed by atoms with Crippen LogP contribution in [0.5, 0.6) is 11.5 Å². The summed E-state index contributed by atoms with van der Waals surface area (Å²) >= 11 is 0. The number of nitrogens with two attached hydrogens (primary N) is 2. The lowest BCUT2D eigenvalue weighted by Gasteiger charge is -2.56. The van der Waals surface area contributed by atoms with Crippen LogP contribution in [0.2, 0.25) is 0 Å². The maximum Gasteiger partial charge on any atom is 0.242 e. The Bertz CT molecular complexity index is 4460. The number of hydrogen-bond donors (Lipinski definition) is 14. The van der Waals surface area contributed by atoms with Crippen LogP contribution < -0.4 is 57.7 Å². The largest absolute Gasteiger partial charge is 0.486 e. The number of para-hydroxylation sites is 1. The highest BCUT2D eigenvalue weighted by Crippen LogP contribution is 2.64. The number of ketones is 2. The smallest absolute Gasteiger partial charge is 0.242 e. The predicted molar refractivity (Wildman–Crippen MR) is 392 cm³/mol. The van der Waals surface area contributed by atoms with E-state index in [4.69, 9.17) is 35.2 Å². The molecule has 18 rings (SSSR count). The number of nitrogens with zero attached hydrogens (tertiary/aromatic N) is 1. The molecule has 0 aromatic heterocycles. The second-order valence-electron chi connectivity index (χ2n) is 33.0. The van der Waals surface area contributed by atoms with Crippen LogP contribution in [0.1, 0.15) is 186 Å². The molecule has 6 aliphatic carbocycles. The van der Waals surface area contributed by atoms with Crippen molar-refractivity contribution >= 4 is 29.4 Å². The SMILES string of the molecule is CNCc1cc2cc3c1CC1=C4CCC5CCCC5NC4C4=C(N)NCC=C4C1(COC1C4Oc5c(cc6c(c5OCC(O)CC=O)C(=O)c5cc(CO)ccc5C6=O)C(c5ccccc5N5CNC6C(=O)NC(N)NC65)C5CCC(O)C(C#CC(O)(C1O)C(O4)C1(CCCC1)OC5)C2)C(O)C31CCCCC1. The molecule has 14 aliphatic rings. The van der Waals surface area contributed by atoms with E-state index >= 15 is 14.7 Å². The van der Waals surface area contributed by atoms with Gasteiger partial charge in [-0.05, 0) is 170 Å². The summed E-state index contributed by atoms with van der Waals surface area (Å²) in [5.74, 6) is 2.94. The lowest BCUT2D eigenvalue weighted by molar-refractivity contribution is -0.337. The number of hydrogen-bond acceptors (Lipinski definition) is 23. The third-order valence-electron chi connectivity index (χ3n) is 27.3. The maximum absolute atomic E-state index is 16.1. The van der Waals surface area contributed by atoms with Crippen LogP contribution in [-0.2, 0) is 55.2 Å². The van der Waals surface area contributed by atoms with Crippen LogP contribution in [-0.4, -0.2) is 179 Å². The number of aldehydes is 1. The number of nitrogens with one attached hydrogen (secondary N) is 6. The fourth-order valence-corrected chi connectivity index (χ4v) is 22.3. The van der Waals surface area contributed by atoms with Crippen molar-refractivity contribution in [2.24, 2.45) is 34.6 Å². The summed E-state index contributed by atoms with van der Waals surface area (Å²) in [4.78, 5) is 60.3. The molecule has 4 aromatic carbocycles. The van der Waals surface area contributed by atoms with E-state index in [0.717, 1.165) is 89.5 Å². The number of aliphatic hydroxyl groups is 6. The predicted octanol–water partition coefficient (Wildman–Crippen LogP) is 3.76. The van der Waals surface area contributed by atoms with E-state index < -0.39 is 126 Å². The Morgan fingerprint density at radius 2 is 1.72 bits per heavy atom. The molecule has 3 spiro atoms. The molecule has 8 heterocycles. The minimum atomic E-state index is -2.58. The Balaban J connectivity index is 0.934. The van der Waals surface area contributed by atoms with Crippen LogP contribution in [0, 0.1) is 35.0 Å². The zero-order valence-electron chi connectivity index (χ0n) is 60.5. The highest BCUT2D eigenvalue weighted by Gasteiger charge is 2.67. The topological polar surface area (TPSA) is 363 Å². The lowest BCUT2D eigenvalue weighted by Crippen LogP contribution is -2.73. The minimum Gasteiger partial charge on any atom is -0.486 e. The monoisotopic (exact) mass is 1460 g/mol. The van der Waals surface area contributed by atoms with Crippen molar-refractivity contribution in [1.82, 2.24) is 31.9 Å². The molecule has 1 amide bonds. The summed E-state index contributed by atoms with van der Waals surface area (Å²) < 4.78 is 38.2. The van der Waals surface area contributed by atoms with Crippen LogP contribution in [0.15, 0.2) is 94.9 Å². The number of carbonyl (C=O) groups is 4. The molecular weight excluding hydrogens is 1360 g/mol. The van der Waals surface area contributed by atoms with Crippen LogP contribution >= 0.6 is 0 Å². The van der Waals surface area contributed by atoms with Crippen molar-refractivity contribution in [3.63, 3.8) is 0 Å². The fraction of sp³-hybridized carbons (Fsp3) is 0.566. The van der Waals surface area contributed by atoms with E-state index in [2.05, 4.69) is 62.0 Å². The Morgan fingerprint density at radius 1 is 0.897 bits per heavy atom. The number of anilines is 1. The summed E-state index contributed by atoms with van der Waals surface area (Å²) in [6, 6.07) is 17.5. The van der Waals surface area contributed by atoms with Gasteiger partial charge in [-0.3, -0.25) is 30.8 Å². The van der Waals surface area contributed by atoms with Gasteiger partial charge in [-0.1, -0.05) is 92.8 Å². The summed E-state index contributed by atoms with van der Waals surface area (Å²) in [6.07, 6.45) is 1.07. The zero-order valence-corrected chi connectivity index (χ0v) is 60.5. The van der Waals surface area contributed by atoms with Gasteiger partial charge in [0.05, 0.1) is 73.3 Å². The molecule has 0 radical (unpaired) electrons. The van der Waals surface area contributed by atoms with E-state index in [9.17, 15) is 35.1 Å². The van der Waals surface area contributed by atoms with E-state index in [1.54, 1.807) is 12.1 Å². The second-order valence-corrected chi connectivity index (χ2v) is 33.0. The molecule has 9 bridgehead atoms. The van der Waals surface area contributed by atoms with Crippen molar-refractivity contribution in [1.29, 1.82) is 0 Å². The van der Waals surface area contributed by atoms with Gasteiger partial charge in [0.1, 0.15) is 55.5 Å². The van der Waals surface area contributed by atoms with Crippen molar-refractivity contribution < 1.29 is 73.5 Å². The van der Waals surface area contributed by atoms with E-state index in [0.29, 0.717) is 99.3 Å². The van der Waals surface area contributed by atoms with Gasteiger partial charge in [0.25, 0.3) is 0 Å². The standard InChI is InChI=1S/C83H99N9O15/c1-86-36-47-31-43-30-45-20-27-83(102)72(99)71(104-40-82-56-21-28-87-73(84)64(56)65-50(18-15-44-10-9-12-59(44)89-65)58(82)35-52(47)57(33-43)80(77(82)101)23-5-2-6-24-80)76-106-69-55(34-54-63(70(69)103-39-48(95)22-29-93)68(98)53-32-42(37-94)14-17-49(53)67(54)97)62(46(16-19-61(45)96)38-105-81(78(83)107-76)25-7-8-26-81)51-11-3-4-13-60(51)92-41-88-66-74(92)90-79(85)91-75(66)100/h3-4,11,13-14,17,21,29,31-34,44-46,48,59,61-62,65-66,71-72,74,76-79,86-90,94-96,99,101-102H,2,5-10,12,15-16,18-19,22-26,28,30,35-41,84-85H2,1H3,(H,91,100). The minimum absolute atomic E-state index is 0.0380. The van der Waals surface area contributed by atoms with E-state index in [1.807, 2.05) is 36.2 Å². The third kappa shape index (κ3) is 11.3. The van der Waals surface area contributed by atoms with Gasteiger partial charge < -0.3 is 91.0 Å². The van der Waals surface area contributed by atoms with Gasteiger partial charge in [-0.25, -0.2) is 0 Å². The number of fused-ring (bicyclic) bond motifs is 15. The van der Waals surface area contributed by atoms with Gasteiger partial charge in [0, 0.05) is 70.4 Å². The molecular formula is C83H99N9O15. The van der Waals surface area contributed by atoms with Crippen LogP contribution in [0.3, 0.4) is 0 Å². The summed E-state index contributed by atoms with van der Waals surface area (Å²) in [7, 11) is 1.96. The first-order valence-corrected chi connectivity index (χ1v) is 39.2. The van der Waals surface area contributed by atoms with Crippen LogP contribution in [0.25, 0.3) is 0 Å². The highest BCUT2D eigenvalue weighted by molar-refractivity contribution is 6.29. The van der Waals surface area contributed by atoms with Gasteiger partial charge in [-0.2, -0.15) is 0 Å². The number of rotatable bonds is 10. The molecule has 4 saturated heterocycles. The first kappa shape index (κ1) is 71.2. The molecule has 3 saturated carbocycles. The van der Waals surface area contributed by atoms with E-state index in [1.165, 1.54) is 12.1 Å². The van der Waals surface area contributed by atoms with Crippen molar-refractivity contribution in [2.75, 3.05) is 45.0 Å². The lowest BCUT2D eigenvalue weighted by atomic mass is 9.53. The molecule has 18 atom stereocenters. The molecule has 566 valence electrons. The van der Waals surface area contributed by atoms with E-state index in [-0.39, 0.29) is 103 Å². The van der Waals surface area contributed by atoms with Gasteiger partial charge in [-0.15, -0.1) is 0 Å². The summed E-state index contributed by atoms with van der Waals surface area (Å²) in [5, 5.41) is 101. The fourth-order valence-electron chi connectivity index (χ4n) is 22.3. The normalized spacial score (nSPS) is 35.2. The number of benzene rings is 4. The highest BCUT2D eigenvalue weighted by atomic mass is 16.7. The Morgan fingerprint density at radius 3 is 2.53 bits per heavy atom. The Hall–Kier alpha value is -7.42. The first-order valence-electron chi connectivity index (χ1n) is 39.2. The molecule has 16 N–H and O–H groups in total. The average molecular weight is 1460 g/mol. The quantitative estimate of drug-likeness (QED) is 0.0537. The summed E-state index contributed by atoms with van der Waals surface area (Å²) in [5.41, 5.74) is 17.1. The zero-order chi connectivity index (χ0) is 73.6. The van der Waals surface area contributed by atoms with Gasteiger partial charge >= 0.3 is 0 Å². The molecule has 24 heteroatoms. The number of ether oxygens (including phenoxy) is 5. The molecule has 24 nitrogen and oxygen atoms in total. The van der Waals surface area contributed by atoms with Crippen molar-refractivity contribution in [3.05, 3.63) is 156 Å². The number of amides is 1. The molecule has 4 aromatic rings. The Kier molecular flexibility index (Phi) is 18.3. The van der Waals surface area contributed by atoms with Gasteiger partial charge in [0.15, 0.2) is 28.7 Å².